The summed E-state index contributed by atoms with van der Waals surface area (Å²) in [5.74, 6) is -2.10. The molecule has 1 fully saturated rings. The average molecular weight is 533 g/mol. The lowest BCUT2D eigenvalue weighted by molar-refractivity contribution is -0.150. The minimum Gasteiger partial charge on any atom is -0.477 e. The standard InChI is InChI=1S/C21H20N6O7S2/c1-26-21(23-16(29)17(30)24-26)36-9-11-8-35-19-13(18(31)27(19)14(11)20(32)33)22-15(28)12(25-34-2)10-6-4-3-5-7-10/h3-7,13,19H,8-9H2,1-2H3,(H,22,28)(H,24,30)(H,32,33)/t13-,19-/m1/s1. The van der Waals surface area contributed by atoms with Gasteiger partial charge in [-0.2, -0.15) is 4.98 Å². The highest BCUT2D eigenvalue weighted by Gasteiger charge is 2.54. The monoisotopic (exact) mass is 532 g/mol. The Balaban J connectivity index is 1.51. The molecule has 4 rings (SSSR count). The third kappa shape index (κ3) is 4.79. The zero-order valence-electron chi connectivity index (χ0n) is 19.0. The number of benzene rings is 1. The van der Waals surface area contributed by atoms with E-state index >= 15 is 0 Å². The Bertz CT molecular complexity index is 1400. The van der Waals surface area contributed by atoms with Crippen LogP contribution in [0.15, 0.2) is 61.5 Å². The largest absolute Gasteiger partial charge is 0.477 e. The second kappa shape index (κ2) is 10.4. The number of thioether (sulfide) groups is 2. The number of hydrogen-bond donors (Lipinski definition) is 3. The lowest BCUT2D eigenvalue weighted by atomic mass is 10.0. The molecule has 0 saturated carbocycles. The van der Waals surface area contributed by atoms with E-state index in [1.54, 1.807) is 30.3 Å². The molecule has 0 aliphatic carbocycles. The van der Waals surface area contributed by atoms with Crippen LogP contribution in [0, 0.1) is 0 Å². The summed E-state index contributed by atoms with van der Waals surface area (Å²) in [7, 11) is 2.80. The van der Waals surface area contributed by atoms with E-state index in [9.17, 15) is 29.1 Å². The summed E-state index contributed by atoms with van der Waals surface area (Å²) >= 11 is 2.35. The summed E-state index contributed by atoms with van der Waals surface area (Å²) in [5.41, 5.74) is -1.08. The van der Waals surface area contributed by atoms with Crippen LogP contribution in [-0.4, -0.2) is 78.3 Å². The molecule has 0 unspecified atom stereocenters. The zero-order chi connectivity index (χ0) is 26.0. The number of hydrogen-bond acceptors (Lipinski definition) is 10. The zero-order valence-corrected chi connectivity index (χ0v) is 20.6. The lowest BCUT2D eigenvalue weighted by Gasteiger charge is -2.49. The number of aryl methyl sites for hydroxylation is 1. The highest BCUT2D eigenvalue weighted by atomic mass is 32.2. The summed E-state index contributed by atoms with van der Waals surface area (Å²) in [6.07, 6.45) is 0. The minimum atomic E-state index is -1.29. The van der Waals surface area contributed by atoms with E-state index < -0.39 is 40.3 Å². The third-order valence-electron chi connectivity index (χ3n) is 5.30. The number of carboxylic acids is 1. The van der Waals surface area contributed by atoms with Crippen LogP contribution in [0.2, 0.25) is 0 Å². The van der Waals surface area contributed by atoms with Crippen LogP contribution < -0.4 is 16.4 Å². The Labute approximate surface area is 211 Å². The summed E-state index contributed by atoms with van der Waals surface area (Å²) in [5, 5.41) is 18.2. The number of fused-ring (bicyclic) bond motifs is 1. The maximum absolute atomic E-state index is 12.9. The fourth-order valence-corrected chi connectivity index (χ4v) is 6.06. The molecule has 36 heavy (non-hydrogen) atoms. The van der Waals surface area contributed by atoms with Crippen LogP contribution in [0.3, 0.4) is 0 Å². The van der Waals surface area contributed by atoms with Crippen molar-refractivity contribution in [1.82, 2.24) is 25.0 Å². The van der Waals surface area contributed by atoms with Crippen molar-refractivity contribution in [2.24, 2.45) is 12.2 Å². The van der Waals surface area contributed by atoms with Gasteiger partial charge in [0.25, 0.3) is 11.8 Å². The van der Waals surface area contributed by atoms with Crippen LogP contribution in [0.5, 0.6) is 0 Å². The highest BCUT2D eigenvalue weighted by molar-refractivity contribution is 8.01. The van der Waals surface area contributed by atoms with Crippen molar-refractivity contribution in [3.8, 4) is 0 Å². The summed E-state index contributed by atoms with van der Waals surface area (Å²) in [6, 6.07) is 7.63. The molecule has 1 aromatic heterocycles. The van der Waals surface area contributed by atoms with Gasteiger partial charge in [0.1, 0.15) is 24.2 Å². The number of aromatic amines is 1. The van der Waals surface area contributed by atoms with Crippen molar-refractivity contribution in [3.63, 3.8) is 0 Å². The molecular formula is C21H20N6O7S2. The SMILES string of the molecule is CON=C(C(=O)N[C@@H]1C(=O)N2C(C(=O)O)=C(CSc3nc(=O)c(=O)[nH]n3C)CS[C@H]12)c1ccccc1. The van der Waals surface area contributed by atoms with E-state index in [1.165, 1.54) is 30.6 Å². The normalized spacial score (nSPS) is 19.4. The second-order valence-corrected chi connectivity index (χ2v) is 9.64. The smallest absolute Gasteiger partial charge is 0.352 e. The van der Waals surface area contributed by atoms with Crippen LogP contribution in [0.4, 0.5) is 0 Å². The molecule has 3 N–H and O–H groups in total. The highest BCUT2D eigenvalue weighted by Crippen LogP contribution is 2.41. The van der Waals surface area contributed by atoms with Gasteiger partial charge in [-0.3, -0.25) is 33.9 Å². The van der Waals surface area contributed by atoms with Crippen LogP contribution >= 0.6 is 23.5 Å². The fourth-order valence-electron chi connectivity index (χ4n) is 3.66. The first-order valence-electron chi connectivity index (χ1n) is 10.4. The van der Waals surface area contributed by atoms with Crippen molar-refractivity contribution >= 4 is 47.0 Å². The lowest BCUT2D eigenvalue weighted by Crippen LogP contribution is -2.71. The molecule has 1 saturated heterocycles. The molecule has 2 atom stereocenters. The molecule has 0 radical (unpaired) electrons. The minimum absolute atomic E-state index is 0.0183. The number of oxime groups is 1. The molecule has 2 aromatic rings. The van der Waals surface area contributed by atoms with Gasteiger partial charge in [0.15, 0.2) is 10.9 Å². The number of aromatic nitrogens is 3. The van der Waals surface area contributed by atoms with Crippen LogP contribution in [0.1, 0.15) is 5.56 Å². The number of nitrogens with zero attached hydrogens (tertiary/aromatic N) is 4. The average Bonchev–Trinajstić information content (AvgIpc) is 2.86. The van der Waals surface area contributed by atoms with E-state index in [0.717, 1.165) is 16.7 Å². The molecule has 2 aliphatic heterocycles. The first-order chi connectivity index (χ1) is 17.2. The van der Waals surface area contributed by atoms with E-state index in [1.807, 2.05) is 0 Å². The molecule has 13 nitrogen and oxygen atoms in total. The molecule has 3 heterocycles. The number of amides is 2. The number of carboxylic acid groups (broad SMARTS) is 1. The van der Waals surface area contributed by atoms with E-state index in [2.05, 4.69) is 20.6 Å². The van der Waals surface area contributed by atoms with Crippen molar-refractivity contribution in [2.45, 2.75) is 16.6 Å². The van der Waals surface area contributed by atoms with Gasteiger partial charge in [-0.25, -0.2) is 4.79 Å². The van der Waals surface area contributed by atoms with Gasteiger partial charge in [-0.05, 0) is 5.57 Å². The summed E-state index contributed by atoms with van der Waals surface area (Å²) in [6.45, 7) is 0. The molecular weight excluding hydrogens is 512 g/mol. The number of H-pyrrole nitrogens is 1. The van der Waals surface area contributed by atoms with Crippen molar-refractivity contribution in [3.05, 3.63) is 67.9 Å². The Hall–Kier alpha value is -3.85. The van der Waals surface area contributed by atoms with Gasteiger partial charge >= 0.3 is 17.1 Å². The van der Waals surface area contributed by atoms with Crippen molar-refractivity contribution in [2.75, 3.05) is 18.6 Å². The topological polar surface area (TPSA) is 176 Å². The third-order valence-corrected chi connectivity index (χ3v) is 7.76. The first kappa shape index (κ1) is 25.2. The van der Waals surface area contributed by atoms with Crippen LogP contribution in [-0.2, 0) is 26.3 Å². The molecule has 1 aromatic carbocycles. The fraction of sp³-hybridized carbons (Fsp3) is 0.286. The van der Waals surface area contributed by atoms with Gasteiger partial charge in [-0.1, -0.05) is 47.2 Å². The Morgan fingerprint density at radius 3 is 2.69 bits per heavy atom. The van der Waals surface area contributed by atoms with E-state index in [0.29, 0.717) is 11.1 Å². The maximum Gasteiger partial charge on any atom is 0.352 e. The van der Waals surface area contributed by atoms with Gasteiger partial charge in [0.2, 0.25) is 0 Å². The number of β-lactam (4-membered cyclic amide) rings is 1. The maximum atomic E-state index is 12.9. The number of carbonyl (C=O) groups excluding carboxylic acids is 2. The quantitative estimate of drug-likeness (QED) is 0.130. The van der Waals surface area contributed by atoms with E-state index in [4.69, 9.17) is 4.84 Å². The number of rotatable bonds is 8. The predicted molar refractivity (Wildman–Crippen MR) is 130 cm³/mol. The first-order valence-corrected chi connectivity index (χ1v) is 12.4. The number of carbonyl (C=O) groups is 3. The van der Waals surface area contributed by atoms with Gasteiger partial charge in [0, 0.05) is 24.1 Å². The molecule has 2 aliphatic rings. The molecule has 0 spiro atoms. The Morgan fingerprint density at radius 1 is 1.31 bits per heavy atom. The number of aliphatic carboxylic acids is 1. The van der Waals surface area contributed by atoms with Gasteiger partial charge in [0.05, 0.1) is 0 Å². The van der Waals surface area contributed by atoms with E-state index in [-0.39, 0.29) is 28.1 Å². The van der Waals surface area contributed by atoms with Gasteiger partial charge < -0.3 is 15.3 Å². The van der Waals surface area contributed by atoms with Crippen molar-refractivity contribution < 1.29 is 24.3 Å². The van der Waals surface area contributed by atoms with Crippen LogP contribution in [0.25, 0.3) is 0 Å². The number of nitrogens with one attached hydrogen (secondary N) is 2. The summed E-state index contributed by atoms with van der Waals surface area (Å²) < 4.78 is 1.26. The molecule has 188 valence electrons. The Kier molecular flexibility index (Phi) is 7.30. The summed E-state index contributed by atoms with van der Waals surface area (Å²) in [4.78, 5) is 70.5. The molecule has 0 bridgehead atoms. The molecule has 2 amide bonds. The second-order valence-electron chi connectivity index (χ2n) is 7.59. The molecule has 15 heteroatoms. The Morgan fingerprint density at radius 2 is 2.03 bits per heavy atom. The predicted octanol–water partition coefficient (Wildman–Crippen LogP) is -0.650. The van der Waals surface area contributed by atoms with Gasteiger partial charge in [-0.15, -0.1) is 11.8 Å². The van der Waals surface area contributed by atoms with Crippen molar-refractivity contribution in [1.29, 1.82) is 0 Å².